The molecule has 0 aliphatic carbocycles. The summed E-state index contributed by atoms with van der Waals surface area (Å²) >= 11 is 6.04. The number of halogens is 1. The molecule has 0 atom stereocenters. The molecule has 1 fully saturated rings. The number of nitrogens with zero attached hydrogens (tertiary/aromatic N) is 3. The smallest absolute Gasteiger partial charge is 0.256 e. The fraction of sp³-hybridized carbons (Fsp3) is 0.381. The lowest BCUT2D eigenvalue weighted by molar-refractivity contribution is -0.137. The Balaban J connectivity index is 1.36. The number of amides is 2. The standard InChI is InChI=1S/C21H22ClN3O2/c22-19-18(6-3-10-23-19)21(27)24-11-8-16(9-12-24)20(26)25-13-7-15-4-1-2-5-17(15)14-25/h1-6,10,16H,7-9,11-14H2. The normalized spacial score (nSPS) is 17.5. The molecule has 0 radical (unpaired) electrons. The Morgan fingerprint density at radius 1 is 0.963 bits per heavy atom. The molecule has 2 aliphatic heterocycles. The molecule has 0 bridgehead atoms. The highest BCUT2D eigenvalue weighted by atomic mass is 35.5. The Kier molecular flexibility index (Phi) is 5.12. The fourth-order valence-electron chi connectivity index (χ4n) is 3.99. The van der Waals surface area contributed by atoms with Gasteiger partial charge in [0.15, 0.2) is 0 Å². The van der Waals surface area contributed by atoms with Crippen LogP contribution in [0.5, 0.6) is 0 Å². The topological polar surface area (TPSA) is 53.5 Å². The van der Waals surface area contributed by atoms with Crippen molar-refractivity contribution in [3.63, 3.8) is 0 Å². The van der Waals surface area contributed by atoms with Gasteiger partial charge in [0.05, 0.1) is 5.56 Å². The summed E-state index contributed by atoms with van der Waals surface area (Å²) in [6.07, 6.45) is 3.88. The van der Waals surface area contributed by atoms with Gasteiger partial charge in [0.1, 0.15) is 5.15 Å². The first kappa shape index (κ1) is 18.0. The summed E-state index contributed by atoms with van der Waals surface area (Å²) in [5.74, 6) is 0.102. The number of fused-ring (bicyclic) bond motifs is 1. The largest absolute Gasteiger partial charge is 0.339 e. The fourth-order valence-corrected chi connectivity index (χ4v) is 4.19. The summed E-state index contributed by atoms with van der Waals surface area (Å²) in [6.45, 7) is 2.62. The number of benzene rings is 1. The number of pyridine rings is 1. The van der Waals surface area contributed by atoms with Crippen LogP contribution in [0.4, 0.5) is 0 Å². The van der Waals surface area contributed by atoms with Gasteiger partial charge in [-0.1, -0.05) is 35.9 Å². The lowest BCUT2D eigenvalue weighted by Gasteiger charge is -2.36. The van der Waals surface area contributed by atoms with Crippen LogP contribution < -0.4 is 0 Å². The van der Waals surface area contributed by atoms with Crippen molar-refractivity contribution in [1.29, 1.82) is 0 Å². The summed E-state index contributed by atoms with van der Waals surface area (Å²) in [5.41, 5.74) is 3.02. The minimum atomic E-state index is -0.106. The van der Waals surface area contributed by atoms with Crippen molar-refractivity contribution in [2.45, 2.75) is 25.8 Å². The summed E-state index contributed by atoms with van der Waals surface area (Å²) in [6, 6.07) is 11.7. The van der Waals surface area contributed by atoms with E-state index in [1.165, 1.54) is 11.1 Å². The number of piperidine rings is 1. The molecule has 0 spiro atoms. The Hall–Kier alpha value is -2.40. The van der Waals surface area contributed by atoms with Crippen LogP contribution in [0.3, 0.4) is 0 Å². The zero-order chi connectivity index (χ0) is 18.8. The van der Waals surface area contributed by atoms with Crippen LogP contribution >= 0.6 is 11.6 Å². The Labute approximate surface area is 163 Å². The SMILES string of the molecule is O=C(c1cccnc1Cl)N1CCC(C(=O)N2CCc3ccccc3C2)CC1. The minimum absolute atomic E-state index is 0.0105. The Morgan fingerprint density at radius 2 is 1.70 bits per heavy atom. The van der Waals surface area contributed by atoms with Gasteiger partial charge in [0.2, 0.25) is 5.91 Å². The zero-order valence-electron chi connectivity index (χ0n) is 15.1. The molecule has 5 nitrogen and oxygen atoms in total. The summed E-state index contributed by atoms with van der Waals surface area (Å²) < 4.78 is 0. The quantitative estimate of drug-likeness (QED) is 0.748. The monoisotopic (exact) mass is 383 g/mol. The third kappa shape index (κ3) is 3.69. The molecule has 1 aromatic carbocycles. The number of aromatic nitrogens is 1. The predicted octanol–water partition coefficient (Wildman–Crippen LogP) is 3.17. The maximum absolute atomic E-state index is 13.0. The maximum Gasteiger partial charge on any atom is 0.256 e. The molecule has 2 amide bonds. The van der Waals surface area contributed by atoms with E-state index in [2.05, 4.69) is 23.2 Å². The number of rotatable bonds is 2. The highest BCUT2D eigenvalue weighted by molar-refractivity contribution is 6.32. The average Bonchev–Trinajstić information content (AvgIpc) is 2.73. The summed E-state index contributed by atoms with van der Waals surface area (Å²) in [4.78, 5) is 33.3. The van der Waals surface area contributed by atoms with Crippen molar-refractivity contribution in [1.82, 2.24) is 14.8 Å². The van der Waals surface area contributed by atoms with Crippen molar-refractivity contribution in [2.24, 2.45) is 5.92 Å². The summed E-state index contributed by atoms with van der Waals surface area (Å²) in [7, 11) is 0. The van der Waals surface area contributed by atoms with Gasteiger partial charge in [-0.05, 0) is 42.5 Å². The van der Waals surface area contributed by atoms with Crippen LogP contribution in [0.2, 0.25) is 5.15 Å². The van der Waals surface area contributed by atoms with Gasteiger partial charge < -0.3 is 9.80 Å². The van der Waals surface area contributed by atoms with E-state index in [9.17, 15) is 9.59 Å². The van der Waals surface area contributed by atoms with Crippen molar-refractivity contribution >= 4 is 23.4 Å². The molecule has 3 heterocycles. The molecule has 2 aliphatic rings. The van der Waals surface area contributed by atoms with Crippen LogP contribution in [-0.2, 0) is 17.8 Å². The highest BCUT2D eigenvalue weighted by Gasteiger charge is 2.32. The molecule has 0 N–H and O–H groups in total. The third-order valence-corrected chi connectivity index (χ3v) is 5.86. The van der Waals surface area contributed by atoms with Gasteiger partial charge in [-0.3, -0.25) is 9.59 Å². The molecule has 4 rings (SSSR count). The van der Waals surface area contributed by atoms with Crippen molar-refractivity contribution in [3.8, 4) is 0 Å². The number of likely N-dealkylation sites (tertiary alicyclic amines) is 1. The Bertz CT molecular complexity index is 862. The van der Waals surface area contributed by atoms with Crippen molar-refractivity contribution in [2.75, 3.05) is 19.6 Å². The van der Waals surface area contributed by atoms with Crippen LogP contribution in [0.15, 0.2) is 42.6 Å². The lowest BCUT2D eigenvalue weighted by Crippen LogP contribution is -2.45. The van der Waals surface area contributed by atoms with E-state index in [1.807, 2.05) is 11.0 Å². The van der Waals surface area contributed by atoms with Gasteiger partial charge in [0.25, 0.3) is 5.91 Å². The first-order valence-corrected chi connectivity index (χ1v) is 9.76. The minimum Gasteiger partial charge on any atom is -0.339 e. The van der Waals surface area contributed by atoms with Crippen molar-refractivity contribution in [3.05, 3.63) is 64.4 Å². The van der Waals surface area contributed by atoms with E-state index in [-0.39, 0.29) is 22.9 Å². The van der Waals surface area contributed by atoms with E-state index >= 15 is 0 Å². The van der Waals surface area contributed by atoms with E-state index in [0.29, 0.717) is 38.0 Å². The van der Waals surface area contributed by atoms with Crippen LogP contribution in [0.1, 0.15) is 34.3 Å². The molecule has 1 saturated heterocycles. The second-order valence-corrected chi connectivity index (χ2v) is 7.54. The number of carbonyl (C=O) groups excluding carboxylic acids is 2. The molecule has 2 aromatic rings. The van der Waals surface area contributed by atoms with Crippen LogP contribution in [0.25, 0.3) is 0 Å². The van der Waals surface area contributed by atoms with E-state index in [4.69, 9.17) is 11.6 Å². The van der Waals surface area contributed by atoms with Gasteiger partial charge >= 0.3 is 0 Å². The van der Waals surface area contributed by atoms with Gasteiger partial charge in [-0.25, -0.2) is 4.98 Å². The molecular weight excluding hydrogens is 362 g/mol. The van der Waals surface area contributed by atoms with E-state index < -0.39 is 0 Å². The zero-order valence-corrected chi connectivity index (χ0v) is 15.9. The van der Waals surface area contributed by atoms with Gasteiger partial charge in [0, 0.05) is 38.3 Å². The molecule has 1 aromatic heterocycles. The lowest BCUT2D eigenvalue weighted by atomic mass is 9.92. The van der Waals surface area contributed by atoms with E-state index in [0.717, 1.165) is 13.0 Å². The van der Waals surface area contributed by atoms with Gasteiger partial charge in [-0.15, -0.1) is 0 Å². The second kappa shape index (κ2) is 7.69. The summed E-state index contributed by atoms with van der Waals surface area (Å²) in [5, 5.41) is 0.229. The molecule has 6 heteroatoms. The van der Waals surface area contributed by atoms with Gasteiger partial charge in [-0.2, -0.15) is 0 Å². The average molecular weight is 384 g/mol. The van der Waals surface area contributed by atoms with E-state index in [1.54, 1.807) is 23.2 Å². The molecule has 27 heavy (non-hydrogen) atoms. The number of carbonyl (C=O) groups is 2. The van der Waals surface area contributed by atoms with Crippen LogP contribution in [-0.4, -0.2) is 46.2 Å². The first-order chi connectivity index (χ1) is 13.1. The second-order valence-electron chi connectivity index (χ2n) is 7.19. The highest BCUT2D eigenvalue weighted by Crippen LogP contribution is 2.26. The molecule has 0 saturated carbocycles. The molecular formula is C21H22ClN3O2. The first-order valence-electron chi connectivity index (χ1n) is 9.39. The number of hydrogen-bond acceptors (Lipinski definition) is 3. The maximum atomic E-state index is 13.0. The number of hydrogen-bond donors (Lipinski definition) is 0. The predicted molar refractivity (Wildman–Crippen MR) is 103 cm³/mol. The molecule has 140 valence electrons. The third-order valence-electron chi connectivity index (χ3n) is 5.56. The Morgan fingerprint density at radius 3 is 2.44 bits per heavy atom. The van der Waals surface area contributed by atoms with Crippen molar-refractivity contribution < 1.29 is 9.59 Å². The molecule has 0 unspecified atom stereocenters. The van der Waals surface area contributed by atoms with Crippen LogP contribution in [0, 0.1) is 5.92 Å².